The maximum absolute atomic E-state index is 11.3. The Kier molecular flexibility index (Phi) is 2.89. The first kappa shape index (κ1) is 11.4. The van der Waals surface area contributed by atoms with E-state index in [0.717, 1.165) is 12.1 Å². The number of carbonyl (C=O) groups excluding carboxylic acids is 1. The molecule has 0 saturated carbocycles. The Bertz CT molecular complexity index is 604. The third-order valence-electron chi connectivity index (χ3n) is 3.27. The molecule has 1 aliphatic rings. The number of aryl methyl sites for hydroxylation is 1. The maximum atomic E-state index is 11.3. The normalized spacial score (nSPS) is 14.2. The lowest BCUT2D eigenvalue weighted by atomic mass is 9.96. The minimum absolute atomic E-state index is 0.105. The third kappa shape index (κ3) is 1.94. The molecule has 0 aliphatic carbocycles. The number of nitrogens with two attached hydrogens (primary N) is 1. The number of anilines is 1. The van der Waals surface area contributed by atoms with Crippen molar-refractivity contribution in [2.24, 2.45) is 5.73 Å². The highest BCUT2D eigenvalue weighted by molar-refractivity contribution is 7.08. The van der Waals surface area contributed by atoms with Crippen molar-refractivity contribution < 1.29 is 4.79 Å². The van der Waals surface area contributed by atoms with Crippen molar-refractivity contribution in [1.29, 1.82) is 0 Å². The van der Waals surface area contributed by atoms with Crippen molar-refractivity contribution >= 4 is 22.9 Å². The molecule has 0 unspecified atom stereocenters. The monoisotopic (exact) mass is 258 g/mol. The molecule has 1 aromatic heterocycles. The summed E-state index contributed by atoms with van der Waals surface area (Å²) < 4.78 is 0. The minimum Gasteiger partial charge on any atom is -0.326 e. The summed E-state index contributed by atoms with van der Waals surface area (Å²) in [5, 5.41) is 7.12. The van der Waals surface area contributed by atoms with E-state index in [9.17, 15) is 4.79 Å². The van der Waals surface area contributed by atoms with Crippen molar-refractivity contribution in [3.63, 3.8) is 0 Å². The predicted octanol–water partition coefficient (Wildman–Crippen LogP) is 2.76. The van der Waals surface area contributed by atoms with Crippen LogP contribution in [0, 0.1) is 0 Å². The van der Waals surface area contributed by atoms with Gasteiger partial charge in [0.25, 0.3) is 0 Å². The highest BCUT2D eigenvalue weighted by Crippen LogP contribution is 2.32. The molecule has 0 fully saturated rings. The van der Waals surface area contributed by atoms with Crippen LogP contribution in [0.2, 0.25) is 0 Å². The van der Waals surface area contributed by atoms with E-state index in [1.807, 2.05) is 12.1 Å². The first-order valence-electron chi connectivity index (χ1n) is 5.96. The molecule has 1 aliphatic heterocycles. The summed E-state index contributed by atoms with van der Waals surface area (Å²) in [6, 6.07) is 6.20. The average Bonchev–Trinajstić information content (AvgIpc) is 2.86. The zero-order valence-electron chi connectivity index (χ0n) is 9.90. The second-order valence-corrected chi connectivity index (χ2v) is 5.18. The number of benzene rings is 1. The zero-order valence-corrected chi connectivity index (χ0v) is 10.7. The van der Waals surface area contributed by atoms with Crippen LogP contribution >= 0.6 is 11.3 Å². The van der Waals surface area contributed by atoms with E-state index in [2.05, 4.69) is 22.1 Å². The van der Waals surface area contributed by atoms with Crippen molar-refractivity contribution in [1.82, 2.24) is 0 Å². The van der Waals surface area contributed by atoms with E-state index in [1.54, 1.807) is 11.3 Å². The highest BCUT2D eigenvalue weighted by Gasteiger charge is 2.15. The average molecular weight is 258 g/mol. The van der Waals surface area contributed by atoms with Crippen molar-refractivity contribution in [3.05, 3.63) is 40.1 Å². The van der Waals surface area contributed by atoms with Gasteiger partial charge in [0.1, 0.15) is 0 Å². The molecular formula is C14H14N2OS. The van der Waals surface area contributed by atoms with Crippen LogP contribution in [0.25, 0.3) is 11.1 Å². The Morgan fingerprint density at radius 1 is 1.28 bits per heavy atom. The van der Waals surface area contributed by atoms with Gasteiger partial charge in [-0.2, -0.15) is 11.3 Å². The molecule has 0 saturated heterocycles. The topological polar surface area (TPSA) is 55.1 Å². The molecule has 3 nitrogen and oxygen atoms in total. The van der Waals surface area contributed by atoms with Gasteiger partial charge in [0.2, 0.25) is 5.91 Å². The van der Waals surface area contributed by atoms with Gasteiger partial charge in [-0.05, 0) is 51.6 Å². The molecule has 1 aromatic carbocycles. The highest BCUT2D eigenvalue weighted by atomic mass is 32.1. The molecule has 3 rings (SSSR count). The summed E-state index contributed by atoms with van der Waals surface area (Å²) in [5.41, 5.74) is 11.5. The third-order valence-corrected chi connectivity index (χ3v) is 4.07. The van der Waals surface area contributed by atoms with Gasteiger partial charge in [-0.15, -0.1) is 0 Å². The largest absolute Gasteiger partial charge is 0.326 e. The lowest BCUT2D eigenvalue weighted by molar-refractivity contribution is -0.116. The predicted molar refractivity (Wildman–Crippen MR) is 74.6 cm³/mol. The summed E-state index contributed by atoms with van der Waals surface area (Å²) in [5.74, 6) is 0.105. The van der Waals surface area contributed by atoms with E-state index in [1.165, 1.54) is 22.3 Å². The summed E-state index contributed by atoms with van der Waals surface area (Å²) in [6.45, 7) is 0.562. The summed E-state index contributed by atoms with van der Waals surface area (Å²) in [7, 11) is 0. The molecule has 0 atom stereocenters. The van der Waals surface area contributed by atoms with Crippen LogP contribution in [0.15, 0.2) is 29.0 Å². The van der Waals surface area contributed by atoms with Crippen molar-refractivity contribution in [3.8, 4) is 11.1 Å². The summed E-state index contributed by atoms with van der Waals surface area (Å²) >= 11 is 1.67. The van der Waals surface area contributed by atoms with E-state index in [-0.39, 0.29) is 5.91 Å². The number of fused-ring (bicyclic) bond motifs is 1. The lowest BCUT2D eigenvalue weighted by Gasteiger charge is -2.17. The number of hydrogen-bond donors (Lipinski definition) is 2. The van der Waals surface area contributed by atoms with Crippen molar-refractivity contribution in [2.75, 3.05) is 5.32 Å². The Labute approximate surface area is 110 Å². The molecule has 2 heterocycles. The van der Waals surface area contributed by atoms with E-state index < -0.39 is 0 Å². The van der Waals surface area contributed by atoms with Crippen LogP contribution in [0.4, 0.5) is 5.69 Å². The molecule has 0 spiro atoms. The number of amides is 1. The van der Waals surface area contributed by atoms with Gasteiger partial charge in [-0.25, -0.2) is 0 Å². The number of nitrogens with one attached hydrogen (secondary N) is 1. The fraction of sp³-hybridized carbons (Fsp3) is 0.214. The number of thiophene rings is 1. The Hall–Kier alpha value is -1.65. The molecule has 2 aromatic rings. The van der Waals surface area contributed by atoms with Gasteiger partial charge in [-0.1, -0.05) is 6.07 Å². The van der Waals surface area contributed by atoms with E-state index >= 15 is 0 Å². The van der Waals surface area contributed by atoms with Gasteiger partial charge in [0, 0.05) is 18.7 Å². The molecular weight excluding hydrogens is 244 g/mol. The molecule has 0 bridgehead atoms. The summed E-state index contributed by atoms with van der Waals surface area (Å²) in [6.07, 6.45) is 1.39. The van der Waals surface area contributed by atoms with E-state index in [4.69, 9.17) is 5.73 Å². The fourth-order valence-electron chi connectivity index (χ4n) is 2.29. The molecule has 4 heteroatoms. The van der Waals surface area contributed by atoms with Crippen molar-refractivity contribution in [2.45, 2.75) is 19.4 Å². The van der Waals surface area contributed by atoms with Gasteiger partial charge in [-0.3, -0.25) is 4.79 Å². The SMILES string of the molecule is NCc1cscc1-c1ccc2c(c1)CCC(=O)N2. The van der Waals surface area contributed by atoms with Crippen LogP contribution in [-0.2, 0) is 17.8 Å². The van der Waals surface area contributed by atoms with Crippen LogP contribution < -0.4 is 11.1 Å². The quantitative estimate of drug-likeness (QED) is 0.870. The van der Waals surface area contributed by atoms with Gasteiger partial charge < -0.3 is 11.1 Å². The molecule has 92 valence electrons. The van der Waals surface area contributed by atoms with Gasteiger partial charge in [0.05, 0.1) is 0 Å². The fourth-order valence-corrected chi connectivity index (χ4v) is 3.16. The zero-order chi connectivity index (χ0) is 12.5. The molecule has 0 radical (unpaired) electrons. The van der Waals surface area contributed by atoms with E-state index in [0.29, 0.717) is 13.0 Å². The summed E-state index contributed by atoms with van der Waals surface area (Å²) in [4.78, 5) is 11.3. The number of carbonyl (C=O) groups is 1. The van der Waals surface area contributed by atoms with Crippen LogP contribution in [0.5, 0.6) is 0 Å². The van der Waals surface area contributed by atoms with Crippen LogP contribution in [0.3, 0.4) is 0 Å². The maximum Gasteiger partial charge on any atom is 0.224 e. The van der Waals surface area contributed by atoms with Gasteiger partial charge in [0.15, 0.2) is 0 Å². The Morgan fingerprint density at radius 3 is 3.00 bits per heavy atom. The first-order chi connectivity index (χ1) is 8.78. The minimum atomic E-state index is 0.105. The Balaban J connectivity index is 2.02. The smallest absolute Gasteiger partial charge is 0.224 e. The van der Waals surface area contributed by atoms with Gasteiger partial charge >= 0.3 is 0 Å². The number of rotatable bonds is 2. The number of hydrogen-bond acceptors (Lipinski definition) is 3. The van der Waals surface area contributed by atoms with Crippen LogP contribution in [-0.4, -0.2) is 5.91 Å². The lowest BCUT2D eigenvalue weighted by Crippen LogP contribution is -2.18. The molecule has 1 amide bonds. The second-order valence-electron chi connectivity index (χ2n) is 4.43. The van der Waals surface area contributed by atoms with Crippen LogP contribution in [0.1, 0.15) is 17.5 Å². The Morgan fingerprint density at radius 2 is 2.17 bits per heavy atom. The first-order valence-corrected chi connectivity index (χ1v) is 6.90. The molecule has 18 heavy (non-hydrogen) atoms. The second kappa shape index (κ2) is 4.55. The molecule has 3 N–H and O–H groups in total. The standard InChI is InChI=1S/C14H14N2OS/c15-6-11-7-18-8-12(11)9-1-3-13-10(5-9)2-4-14(17)16-13/h1,3,5,7-8H,2,4,6,15H2,(H,16,17).